The van der Waals surface area contributed by atoms with Crippen LogP contribution in [0.5, 0.6) is 0 Å². The van der Waals surface area contributed by atoms with E-state index in [0.717, 1.165) is 0 Å². The zero-order valence-electron chi connectivity index (χ0n) is 9.70. The molecular formula is C9H19NO4S. The Kier molecular flexibility index (Phi) is 4.93. The van der Waals surface area contributed by atoms with Gasteiger partial charge in [-0.3, -0.25) is 4.72 Å². The van der Waals surface area contributed by atoms with Gasteiger partial charge in [-0.05, 0) is 20.8 Å². The van der Waals surface area contributed by atoms with Crippen LogP contribution >= 0.6 is 11.1 Å². The topological polar surface area (TPSA) is 75.6 Å². The molecule has 2 N–H and O–H groups in total. The molecule has 15 heavy (non-hydrogen) atoms. The molecule has 1 amide bonds. The molecule has 0 aliphatic carbocycles. The number of carbonyl (C=O) groups is 2. The average molecular weight is 237 g/mol. The lowest BCUT2D eigenvalue weighted by atomic mass is 10.2. The van der Waals surface area contributed by atoms with E-state index in [1.807, 2.05) is 0 Å². The van der Waals surface area contributed by atoms with Crippen molar-refractivity contribution >= 4 is 22.5 Å². The maximum absolute atomic E-state index is 11.3. The van der Waals surface area contributed by atoms with Gasteiger partial charge in [-0.25, -0.2) is 9.59 Å². The molecule has 6 heteroatoms. The van der Waals surface area contributed by atoms with Gasteiger partial charge in [-0.1, -0.05) is 24.9 Å². The molecule has 1 atom stereocenters. The molecule has 0 aromatic heterocycles. The molecule has 0 bridgehead atoms. The second-order valence-electron chi connectivity index (χ2n) is 4.36. The van der Waals surface area contributed by atoms with Gasteiger partial charge in [-0.15, -0.1) is 0 Å². The fourth-order valence-electron chi connectivity index (χ4n) is 0.797. The van der Waals surface area contributed by atoms with Gasteiger partial charge < -0.3 is 9.84 Å². The van der Waals surface area contributed by atoms with E-state index in [9.17, 15) is 9.59 Å². The summed E-state index contributed by atoms with van der Waals surface area (Å²) in [5.74, 6) is 0. The Morgan fingerprint density at radius 1 is 1.33 bits per heavy atom. The molecule has 90 valence electrons. The largest absolute Gasteiger partial charge is 0.473 e. The zero-order valence-corrected chi connectivity index (χ0v) is 10.6. The van der Waals surface area contributed by atoms with Crippen LogP contribution in [0.3, 0.4) is 0 Å². The standard InChI is InChI=1S/C9H19NO4S/c1-6(2)15(8(12)13)10-7(11)14-9(3,4)5/h6,15H,1-5H3,(H,10,11)(H,12,13). The Morgan fingerprint density at radius 3 is 2.07 bits per heavy atom. The fourth-order valence-corrected chi connectivity index (χ4v) is 1.84. The second kappa shape index (κ2) is 5.25. The van der Waals surface area contributed by atoms with Crippen molar-refractivity contribution in [1.82, 2.24) is 4.72 Å². The summed E-state index contributed by atoms with van der Waals surface area (Å²) in [6.45, 7) is 8.68. The van der Waals surface area contributed by atoms with E-state index in [0.29, 0.717) is 0 Å². The van der Waals surface area contributed by atoms with Crippen LogP contribution in [0.25, 0.3) is 0 Å². The van der Waals surface area contributed by atoms with Crippen LogP contribution in [-0.2, 0) is 4.74 Å². The van der Waals surface area contributed by atoms with Crippen LogP contribution in [-0.4, -0.2) is 27.4 Å². The van der Waals surface area contributed by atoms with Crippen LogP contribution in [0.4, 0.5) is 9.59 Å². The number of ether oxygens (including phenoxy) is 1. The number of nitrogens with one attached hydrogen (secondary N) is 1. The molecule has 0 saturated carbocycles. The lowest BCUT2D eigenvalue weighted by Crippen LogP contribution is -2.34. The van der Waals surface area contributed by atoms with E-state index in [2.05, 4.69) is 4.72 Å². The molecule has 0 rings (SSSR count). The summed E-state index contributed by atoms with van der Waals surface area (Å²) >= 11 is -1.58. The summed E-state index contributed by atoms with van der Waals surface area (Å²) in [4.78, 5) is 22.1. The van der Waals surface area contributed by atoms with Gasteiger partial charge >= 0.3 is 11.4 Å². The number of thiol groups is 1. The molecule has 0 saturated heterocycles. The van der Waals surface area contributed by atoms with E-state index in [-0.39, 0.29) is 5.25 Å². The maximum atomic E-state index is 11.3. The third-order valence-corrected chi connectivity index (χ3v) is 3.20. The van der Waals surface area contributed by atoms with E-state index < -0.39 is 28.1 Å². The van der Waals surface area contributed by atoms with E-state index in [1.165, 1.54) is 0 Å². The first-order valence-corrected chi connectivity index (χ1v) is 6.06. The number of hydrogen-bond acceptors (Lipinski definition) is 3. The fraction of sp³-hybridized carbons (Fsp3) is 0.778. The number of carbonyl (C=O) groups excluding carboxylic acids is 1. The highest BCUT2D eigenvalue weighted by Crippen LogP contribution is 2.27. The molecule has 0 aliphatic heterocycles. The minimum Gasteiger partial charge on any atom is -0.473 e. The van der Waals surface area contributed by atoms with E-state index in [1.54, 1.807) is 34.6 Å². The predicted octanol–water partition coefficient (Wildman–Crippen LogP) is 2.51. The van der Waals surface area contributed by atoms with Crippen molar-refractivity contribution in [2.24, 2.45) is 0 Å². The molecule has 0 radical (unpaired) electrons. The van der Waals surface area contributed by atoms with Gasteiger partial charge in [0.15, 0.2) is 0 Å². The molecule has 5 nitrogen and oxygen atoms in total. The lowest BCUT2D eigenvalue weighted by molar-refractivity contribution is 0.0572. The molecule has 0 heterocycles. The SMILES string of the molecule is CC(C)[SH](NC(=O)OC(C)(C)C)C(=O)O. The second-order valence-corrected chi connectivity index (χ2v) is 6.74. The minimum absolute atomic E-state index is 0.120. The molecular weight excluding hydrogens is 218 g/mol. The van der Waals surface area contributed by atoms with Crippen molar-refractivity contribution in [2.75, 3.05) is 0 Å². The van der Waals surface area contributed by atoms with Gasteiger partial charge in [0, 0.05) is 5.25 Å². The normalized spacial score (nSPS) is 14.7. The first-order chi connectivity index (χ1) is 6.63. The highest BCUT2D eigenvalue weighted by Gasteiger charge is 2.22. The third kappa shape index (κ3) is 6.22. The Bertz CT molecular complexity index is 247. The van der Waals surface area contributed by atoms with Gasteiger partial charge in [0.2, 0.25) is 0 Å². The molecule has 0 aromatic rings. The summed E-state index contributed by atoms with van der Waals surface area (Å²) < 4.78 is 7.35. The maximum Gasteiger partial charge on any atom is 0.416 e. The lowest BCUT2D eigenvalue weighted by Gasteiger charge is -2.25. The van der Waals surface area contributed by atoms with E-state index in [4.69, 9.17) is 9.84 Å². The molecule has 1 unspecified atom stereocenters. The molecule has 0 aromatic carbocycles. The highest BCUT2D eigenvalue weighted by molar-refractivity contribution is 8.28. The summed E-state index contributed by atoms with van der Waals surface area (Å²) in [5.41, 5.74) is -0.611. The van der Waals surface area contributed by atoms with Crippen molar-refractivity contribution < 1.29 is 19.4 Å². The Morgan fingerprint density at radius 2 is 1.80 bits per heavy atom. The number of carboxylic acid groups (broad SMARTS) is 1. The third-order valence-electron chi connectivity index (χ3n) is 1.33. The van der Waals surface area contributed by atoms with Crippen molar-refractivity contribution in [1.29, 1.82) is 0 Å². The summed E-state index contributed by atoms with van der Waals surface area (Å²) in [6.07, 6.45) is -0.676. The quantitative estimate of drug-likeness (QED) is 0.612. The number of amides is 1. The monoisotopic (exact) mass is 237 g/mol. The number of hydrogen-bond donors (Lipinski definition) is 3. The Hall–Kier alpha value is -0.910. The van der Waals surface area contributed by atoms with Crippen LogP contribution in [0.2, 0.25) is 0 Å². The van der Waals surface area contributed by atoms with Crippen molar-refractivity contribution in [2.45, 2.75) is 45.5 Å². The predicted molar refractivity (Wildman–Crippen MR) is 61.5 cm³/mol. The highest BCUT2D eigenvalue weighted by atomic mass is 32.2. The van der Waals surface area contributed by atoms with Gasteiger partial charge in [-0.2, -0.15) is 0 Å². The van der Waals surface area contributed by atoms with Crippen LogP contribution in [0.15, 0.2) is 0 Å². The summed E-state index contributed by atoms with van der Waals surface area (Å²) in [7, 11) is 0. The average Bonchev–Trinajstić information content (AvgIpc) is 1.95. The van der Waals surface area contributed by atoms with Gasteiger partial charge in [0.25, 0.3) is 0 Å². The Balaban J connectivity index is 4.31. The molecule has 0 spiro atoms. The van der Waals surface area contributed by atoms with Crippen molar-refractivity contribution in [3.05, 3.63) is 0 Å². The summed E-state index contributed by atoms with van der Waals surface area (Å²) in [6, 6.07) is 0. The number of rotatable bonds is 1. The van der Waals surface area contributed by atoms with Crippen LogP contribution in [0.1, 0.15) is 34.6 Å². The van der Waals surface area contributed by atoms with Crippen LogP contribution in [0, 0.1) is 0 Å². The molecule has 0 fully saturated rings. The first-order valence-electron chi connectivity index (χ1n) is 4.65. The Labute approximate surface area is 92.7 Å². The first kappa shape index (κ1) is 14.1. The molecule has 0 aliphatic rings. The minimum atomic E-state index is -1.58. The van der Waals surface area contributed by atoms with Crippen molar-refractivity contribution in [3.8, 4) is 0 Å². The van der Waals surface area contributed by atoms with E-state index >= 15 is 0 Å². The van der Waals surface area contributed by atoms with Crippen molar-refractivity contribution in [3.63, 3.8) is 0 Å². The summed E-state index contributed by atoms with van der Waals surface area (Å²) in [5, 5.41) is 7.73. The zero-order chi connectivity index (χ0) is 12.2. The van der Waals surface area contributed by atoms with Crippen LogP contribution < -0.4 is 4.72 Å². The smallest absolute Gasteiger partial charge is 0.416 e. The van der Waals surface area contributed by atoms with Gasteiger partial charge in [0.1, 0.15) is 5.60 Å². The van der Waals surface area contributed by atoms with Gasteiger partial charge in [0.05, 0.1) is 0 Å².